The molecule has 1 aliphatic carbocycles. The fraction of sp³-hybridized carbons (Fsp3) is 0.700. The molecule has 0 saturated heterocycles. The topological polar surface area (TPSA) is 43.4 Å². The van der Waals surface area contributed by atoms with Crippen molar-refractivity contribution in [1.29, 1.82) is 0 Å². The van der Waals surface area contributed by atoms with E-state index in [1.165, 1.54) is 0 Å². The Morgan fingerprint density at radius 3 is 2.71 bits per heavy atom. The maximum absolute atomic E-state index is 11.4. The largest absolute Gasteiger partial charge is 0.448 e. The Bertz CT molecular complexity index is 300. The minimum Gasteiger partial charge on any atom is -0.448 e. The Morgan fingerprint density at radius 2 is 2.21 bits per heavy atom. The van der Waals surface area contributed by atoms with Crippen LogP contribution in [0.1, 0.15) is 26.2 Å². The number of rotatable bonds is 3. The van der Waals surface area contributed by atoms with Crippen LogP contribution < -0.4 is 0 Å². The molecule has 0 spiro atoms. The van der Waals surface area contributed by atoms with Crippen molar-refractivity contribution in [2.24, 2.45) is 5.92 Å². The number of Topliss-reactive ketones (excluding diaryl/α,β-unsaturated/α-hetero) is 1. The smallest absolute Gasteiger partial charge is 0.241 e. The highest BCUT2D eigenvalue weighted by molar-refractivity contribution is 7.57. The maximum Gasteiger partial charge on any atom is 0.241 e. The van der Waals surface area contributed by atoms with Crippen molar-refractivity contribution in [3.63, 3.8) is 0 Å². The first-order chi connectivity index (χ1) is 6.38. The van der Waals surface area contributed by atoms with Gasteiger partial charge in [-0.3, -0.25) is 9.36 Å². The lowest BCUT2D eigenvalue weighted by Crippen LogP contribution is -2.15. The van der Waals surface area contributed by atoms with Crippen LogP contribution in [-0.4, -0.2) is 19.1 Å². The fourth-order valence-corrected chi connectivity index (χ4v) is 2.29. The van der Waals surface area contributed by atoms with E-state index in [1.807, 2.05) is 6.08 Å². The minimum atomic E-state index is -2.47. The lowest BCUT2D eigenvalue weighted by Gasteiger charge is -2.22. The first-order valence-corrected chi connectivity index (χ1v) is 7.34. The molecule has 3 nitrogen and oxygen atoms in total. The summed E-state index contributed by atoms with van der Waals surface area (Å²) in [6.45, 7) is 4.78. The van der Waals surface area contributed by atoms with Gasteiger partial charge < -0.3 is 4.52 Å². The quantitative estimate of drug-likeness (QED) is 0.681. The van der Waals surface area contributed by atoms with Crippen molar-refractivity contribution in [1.82, 2.24) is 0 Å². The second kappa shape index (κ2) is 4.31. The molecule has 0 radical (unpaired) electrons. The Kier molecular flexibility index (Phi) is 3.54. The lowest BCUT2D eigenvalue weighted by atomic mass is 9.90. The van der Waals surface area contributed by atoms with E-state index in [4.69, 9.17) is 4.52 Å². The van der Waals surface area contributed by atoms with Crippen LogP contribution in [0.2, 0.25) is 0 Å². The summed E-state index contributed by atoms with van der Waals surface area (Å²) in [5, 5.41) is 0. The third kappa shape index (κ3) is 3.67. The third-order valence-corrected chi connectivity index (χ3v) is 2.92. The van der Waals surface area contributed by atoms with Gasteiger partial charge in [-0.1, -0.05) is 0 Å². The molecule has 0 N–H and O–H groups in total. The summed E-state index contributed by atoms with van der Waals surface area (Å²) < 4.78 is 16.7. The van der Waals surface area contributed by atoms with Crippen molar-refractivity contribution in [3.8, 4) is 0 Å². The SMILES string of the molecule is CC(=O)C1CCC=C(OP(C)(C)=O)C1. The van der Waals surface area contributed by atoms with Crippen molar-refractivity contribution in [2.75, 3.05) is 13.3 Å². The molecule has 1 aliphatic rings. The van der Waals surface area contributed by atoms with Crippen LogP contribution >= 0.6 is 7.37 Å². The van der Waals surface area contributed by atoms with Gasteiger partial charge >= 0.3 is 0 Å². The molecule has 4 heteroatoms. The van der Waals surface area contributed by atoms with Crippen molar-refractivity contribution in [3.05, 3.63) is 11.8 Å². The van der Waals surface area contributed by atoms with Gasteiger partial charge in [0.1, 0.15) is 11.5 Å². The van der Waals surface area contributed by atoms with Gasteiger partial charge in [-0.2, -0.15) is 0 Å². The Labute approximate surface area is 85.0 Å². The highest BCUT2D eigenvalue weighted by Crippen LogP contribution is 2.43. The second-order valence-electron chi connectivity index (χ2n) is 4.10. The molecule has 0 aliphatic heterocycles. The molecular weight excluding hydrogens is 199 g/mol. The first kappa shape index (κ1) is 11.5. The van der Waals surface area contributed by atoms with Crippen LogP contribution in [0, 0.1) is 5.92 Å². The maximum atomic E-state index is 11.4. The molecular formula is C10H17O3P. The van der Waals surface area contributed by atoms with E-state index < -0.39 is 7.37 Å². The Morgan fingerprint density at radius 1 is 1.57 bits per heavy atom. The predicted molar refractivity (Wildman–Crippen MR) is 56.6 cm³/mol. The zero-order valence-corrected chi connectivity index (χ0v) is 9.84. The van der Waals surface area contributed by atoms with E-state index in [1.54, 1.807) is 20.3 Å². The summed E-state index contributed by atoms with van der Waals surface area (Å²) in [5.41, 5.74) is 0. The van der Waals surface area contributed by atoms with E-state index in [0.29, 0.717) is 6.42 Å². The van der Waals surface area contributed by atoms with Crippen LogP contribution in [0.25, 0.3) is 0 Å². The molecule has 0 aromatic carbocycles. The van der Waals surface area contributed by atoms with E-state index in [-0.39, 0.29) is 11.7 Å². The van der Waals surface area contributed by atoms with Crippen LogP contribution in [0.4, 0.5) is 0 Å². The van der Waals surface area contributed by atoms with E-state index >= 15 is 0 Å². The fourth-order valence-electron chi connectivity index (χ4n) is 1.58. The second-order valence-corrected chi connectivity index (χ2v) is 6.79. The van der Waals surface area contributed by atoms with Gasteiger partial charge in [0.2, 0.25) is 7.37 Å². The number of hydrogen-bond acceptors (Lipinski definition) is 3. The summed E-state index contributed by atoms with van der Waals surface area (Å²) >= 11 is 0. The van der Waals surface area contributed by atoms with Gasteiger partial charge in [0.15, 0.2) is 0 Å². The van der Waals surface area contributed by atoms with Gasteiger partial charge in [-0.05, 0) is 25.8 Å². The molecule has 1 unspecified atom stereocenters. The molecule has 1 atom stereocenters. The number of allylic oxidation sites excluding steroid dienone is 2. The van der Waals surface area contributed by atoms with Crippen LogP contribution in [0.5, 0.6) is 0 Å². The number of ketones is 1. The van der Waals surface area contributed by atoms with E-state index in [2.05, 4.69) is 0 Å². The van der Waals surface area contributed by atoms with Crippen molar-refractivity contribution in [2.45, 2.75) is 26.2 Å². The Hall–Kier alpha value is -0.560. The molecule has 0 heterocycles. The average molecular weight is 216 g/mol. The monoisotopic (exact) mass is 216 g/mol. The molecule has 0 aromatic rings. The molecule has 80 valence electrons. The number of carbonyl (C=O) groups is 1. The van der Waals surface area contributed by atoms with Gasteiger partial charge in [0.05, 0.1) is 0 Å². The molecule has 0 bridgehead atoms. The highest BCUT2D eigenvalue weighted by Gasteiger charge is 2.22. The van der Waals surface area contributed by atoms with Crippen LogP contribution in [0.3, 0.4) is 0 Å². The molecule has 0 fully saturated rings. The zero-order valence-electron chi connectivity index (χ0n) is 8.95. The summed E-state index contributed by atoms with van der Waals surface area (Å²) in [4.78, 5) is 11.2. The number of hydrogen-bond donors (Lipinski definition) is 0. The summed E-state index contributed by atoms with van der Waals surface area (Å²) in [6, 6.07) is 0. The van der Waals surface area contributed by atoms with Crippen molar-refractivity contribution >= 4 is 13.2 Å². The summed E-state index contributed by atoms with van der Waals surface area (Å²) in [7, 11) is -2.47. The zero-order chi connectivity index (χ0) is 10.8. The van der Waals surface area contributed by atoms with Crippen molar-refractivity contribution < 1.29 is 13.9 Å². The molecule has 0 aromatic heterocycles. The predicted octanol–water partition coefficient (Wildman–Crippen LogP) is 2.81. The summed E-state index contributed by atoms with van der Waals surface area (Å²) in [5.74, 6) is 0.979. The molecule has 0 saturated carbocycles. The van der Waals surface area contributed by atoms with Gasteiger partial charge in [-0.15, -0.1) is 0 Å². The summed E-state index contributed by atoms with van der Waals surface area (Å²) in [6.07, 6.45) is 4.29. The molecule has 1 rings (SSSR count). The van der Waals surface area contributed by atoms with E-state index in [9.17, 15) is 9.36 Å². The number of carbonyl (C=O) groups excluding carboxylic acids is 1. The van der Waals surface area contributed by atoms with Gasteiger partial charge in [0.25, 0.3) is 0 Å². The normalized spacial score (nSPS) is 22.8. The Balaban J connectivity index is 2.60. The molecule has 0 amide bonds. The third-order valence-electron chi connectivity index (χ3n) is 2.25. The standard InChI is InChI=1S/C10H17O3P/c1-8(11)9-5-4-6-10(7-9)13-14(2,3)12/h6,9H,4-5,7H2,1-3H3. The van der Waals surface area contributed by atoms with Crippen LogP contribution in [0.15, 0.2) is 11.8 Å². The lowest BCUT2D eigenvalue weighted by molar-refractivity contribution is -0.121. The highest BCUT2D eigenvalue weighted by atomic mass is 31.2. The molecule has 14 heavy (non-hydrogen) atoms. The van der Waals surface area contributed by atoms with Gasteiger partial charge in [0, 0.05) is 25.7 Å². The first-order valence-electron chi connectivity index (χ1n) is 4.82. The van der Waals surface area contributed by atoms with Gasteiger partial charge in [-0.25, -0.2) is 0 Å². The van der Waals surface area contributed by atoms with Crippen LogP contribution in [-0.2, 0) is 13.9 Å². The average Bonchev–Trinajstić information content (AvgIpc) is 2.01. The van der Waals surface area contributed by atoms with E-state index in [0.717, 1.165) is 18.6 Å². The minimum absolute atomic E-state index is 0.0570.